The maximum Gasteiger partial charge on any atom is 0.339 e. The van der Waals surface area contributed by atoms with Crippen LogP contribution in [0.25, 0.3) is 0 Å². The smallest absolute Gasteiger partial charge is 0.339 e. The Morgan fingerprint density at radius 2 is 2.40 bits per heavy atom. The summed E-state index contributed by atoms with van der Waals surface area (Å²) in [6.45, 7) is 0. The molecule has 0 bridgehead atoms. The van der Waals surface area contributed by atoms with E-state index in [2.05, 4.69) is 21.9 Å². The van der Waals surface area contributed by atoms with Crippen molar-refractivity contribution >= 4 is 29.3 Å². The second-order valence-electron chi connectivity index (χ2n) is 1.73. The number of hydrogen-bond acceptors (Lipinski definition) is 5. The van der Waals surface area contributed by atoms with Crippen LogP contribution < -0.4 is 0 Å². The monoisotopic (exact) mass is 157 g/mol. The average molecular weight is 157 g/mol. The van der Waals surface area contributed by atoms with Gasteiger partial charge in [-0.2, -0.15) is 0 Å². The maximum atomic E-state index is 10.6. The van der Waals surface area contributed by atoms with Gasteiger partial charge in [-0.05, 0) is 12.2 Å². The Kier molecular flexibility index (Phi) is 1.89. The standard InChI is InChI=1S/C5H3NO3S/c7-4-1-3(6-2-10)5(8)9-4/h3H,1H2. The van der Waals surface area contributed by atoms with E-state index in [9.17, 15) is 9.59 Å². The summed E-state index contributed by atoms with van der Waals surface area (Å²) in [7, 11) is 0. The highest BCUT2D eigenvalue weighted by Gasteiger charge is 2.32. The van der Waals surface area contributed by atoms with E-state index in [1.165, 1.54) is 0 Å². The molecule has 1 aliphatic heterocycles. The zero-order valence-corrected chi connectivity index (χ0v) is 5.68. The summed E-state index contributed by atoms with van der Waals surface area (Å²) in [4.78, 5) is 24.3. The molecule has 5 heteroatoms. The number of aliphatic imine (C=N–C) groups is 1. The molecule has 1 heterocycles. The highest BCUT2D eigenvalue weighted by molar-refractivity contribution is 7.78. The molecule has 1 aliphatic rings. The van der Waals surface area contributed by atoms with Gasteiger partial charge in [-0.3, -0.25) is 4.79 Å². The third kappa shape index (κ3) is 1.26. The summed E-state index contributed by atoms with van der Waals surface area (Å²) in [5.41, 5.74) is 0. The predicted octanol–water partition coefficient (Wildman–Crippen LogP) is -0.0687. The number of rotatable bonds is 1. The molecule has 1 unspecified atom stereocenters. The molecule has 0 aromatic heterocycles. The first-order valence-corrected chi connectivity index (χ1v) is 2.96. The van der Waals surface area contributed by atoms with E-state index < -0.39 is 18.0 Å². The SMILES string of the molecule is O=C1CC(N=C=S)C(=O)O1. The van der Waals surface area contributed by atoms with Gasteiger partial charge in [0.1, 0.15) is 0 Å². The fourth-order valence-electron chi connectivity index (χ4n) is 0.625. The topological polar surface area (TPSA) is 55.7 Å². The third-order valence-electron chi connectivity index (χ3n) is 1.06. The van der Waals surface area contributed by atoms with Crippen molar-refractivity contribution in [2.45, 2.75) is 12.5 Å². The molecule has 10 heavy (non-hydrogen) atoms. The van der Waals surface area contributed by atoms with Crippen molar-refractivity contribution in [3.63, 3.8) is 0 Å². The molecule has 1 saturated heterocycles. The van der Waals surface area contributed by atoms with Crippen LogP contribution in [-0.2, 0) is 14.3 Å². The van der Waals surface area contributed by atoms with E-state index >= 15 is 0 Å². The van der Waals surface area contributed by atoms with Gasteiger partial charge in [0.15, 0.2) is 6.04 Å². The van der Waals surface area contributed by atoms with E-state index in [1.54, 1.807) is 0 Å². The highest BCUT2D eigenvalue weighted by Crippen LogP contribution is 2.10. The predicted molar refractivity (Wildman–Crippen MR) is 34.5 cm³/mol. The van der Waals surface area contributed by atoms with Crippen LogP contribution in [0.2, 0.25) is 0 Å². The van der Waals surface area contributed by atoms with Crippen molar-refractivity contribution < 1.29 is 14.3 Å². The van der Waals surface area contributed by atoms with E-state index in [0.717, 1.165) is 0 Å². The molecule has 0 spiro atoms. The minimum atomic E-state index is -0.745. The van der Waals surface area contributed by atoms with Crippen molar-refractivity contribution in [2.24, 2.45) is 4.99 Å². The number of hydrogen-bond donors (Lipinski definition) is 0. The van der Waals surface area contributed by atoms with E-state index in [-0.39, 0.29) is 6.42 Å². The summed E-state index contributed by atoms with van der Waals surface area (Å²) in [6.07, 6.45) is -0.0114. The maximum absolute atomic E-state index is 10.6. The molecule has 0 saturated carbocycles. The van der Waals surface area contributed by atoms with Crippen LogP contribution in [0.15, 0.2) is 4.99 Å². The van der Waals surface area contributed by atoms with Gasteiger partial charge < -0.3 is 4.74 Å². The van der Waals surface area contributed by atoms with Crippen LogP contribution in [0.4, 0.5) is 0 Å². The first kappa shape index (κ1) is 7.05. The number of nitrogens with zero attached hydrogens (tertiary/aromatic N) is 1. The van der Waals surface area contributed by atoms with Crippen molar-refractivity contribution in [2.75, 3.05) is 0 Å². The minimum Gasteiger partial charge on any atom is -0.391 e. The molecule has 1 fully saturated rings. The number of esters is 2. The molecule has 0 N–H and O–H groups in total. The second kappa shape index (κ2) is 2.68. The second-order valence-corrected chi connectivity index (χ2v) is 1.92. The van der Waals surface area contributed by atoms with Crippen molar-refractivity contribution in [1.29, 1.82) is 0 Å². The number of isothiocyanates is 1. The van der Waals surface area contributed by atoms with Crippen LogP contribution in [0.5, 0.6) is 0 Å². The average Bonchev–Trinajstić information content (AvgIpc) is 2.13. The fraction of sp³-hybridized carbons (Fsp3) is 0.400. The summed E-state index contributed by atoms with van der Waals surface area (Å²) < 4.78 is 4.17. The summed E-state index contributed by atoms with van der Waals surface area (Å²) in [6, 6.07) is -0.745. The van der Waals surface area contributed by atoms with Gasteiger partial charge in [0, 0.05) is 0 Å². The largest absolute Gasteiger partial charge is 0.391 e. The van der Waals surface area contributed by atoms with Gasteiger partial charge in [-0.15, -0.1) is 0 Å². The van der Waals surface area contributed by atoms with Gasteiger partial charge in [-0.1, -0.05) is 0 Å². The lowest BCUT2D eigenvalue weighted by Crippen LogP contribution is -2.09. The molecule has 0 aromatic rings. The molecule has 4 nitrogen and oxygen atoms in total. The molecule has 0 aliphatic carbocycles. The van der Waals surface area contributed by atoms with Crippen molar-refractivity contribution in [3.05, 3.63) is 0 Å². The van der Waals surface area contributed by atoms with Crippen LogP contribution in [-0.4, -0.2) is 23.1 Å². The van der Waals surface area contributed by atoms with Crippen LogP contribution in [0, 0.1) is 0 Å². The zero-order chi connectivity index (χ0) is 7.56. The molecular weight excluding hydrogens is 154 g/mol. The summed E-state index contributed by atoms with van der Waals surface area (Å²) in [5.74, 6) is -1.19. The lowest BCUT2D eigenvalue weighted by Gasteiger charge is -1.88. The number of carbonyl (C=O) groups excluding carboxylic acids is 2. The lowest BCUT2D eigenvalue weighted by atomic mass is 10.3. The fourth-order valence-corrected chi connectivity index (χ4v) is 0.752. The quantitative estimate of drug-likeness (QED) is 0.231. The van der Waals surface area contributed by atoms with Gasteiger partial charge in [0.2, 0.25) is 0 Å². The zero-order valence-electron chi connectivity index (χ0n) is 4.86. The van der Waals surface area contributed by atoms with Crippen molar-refractivity contribution in [1.82, 2.24) is 0 Å². The number of carbonyl (C=O) groups is 2. The molecule has 52 valence electrons. The summed E-state index contributed by atoms with van der Waals surface area (Å²) >= 11 is 4.24. The molecule has 1 rings (SSSR count). The lowest BCUT2D eigenvalue weighted by molar-refractivity contribution is -0.152. The van der Waals surface area contributed by atoms with Crippen molar-refractivity contribution in [3.8, 4) is 0 Å². The van der Waals surface area contributed by atoms with E-state index in [1.807, 2.05) is 5.16 Å². The van der Waals surface area contributed by atoms with Crippen LogP contribution in [0.1, 0.15) is 6.42 Å². The molecule has 0 amide bonds. The van der Waals surface area contributed by atoms with Gasteiger partial charge in [-0.25, -0.2) is 9.79 Å². The van der Waals surface area contributed by atoms with Crippen LogP contribution in [0.3, 0.4) is 0 Å². The number of thiocarbonyl (C=S) groups is 1. The van der Waals surface area contributed by atoms with E-state index in [4.69, 9.17) is 0 Å². The number of cyclic esters (lactones) is 2. The Morgan fingerprint density at radius 1 is 1.70 bits per heavy atom. The molecule has 1 atom stereocenters. The molecule has 0 aromatic carbocycles. The normalized spacial score (nSPS) is 23.8. The first-order chi connectivity index (χ1) is 4.74. The Balaban J connectivity index is 2.72. The number of ether oxygens (including phenoxy) is 1. The Hall–Kier alpha value is -1.06. The first-order valence-electron chi connectivity index (χ1n) is 2.55. The Morgan fingerprint density at radius 3 is 2.80 bits per heavy atom. The minimum absolute atomic E-state index is 0.0114. The summed E-state index contributed by atoms with van der Waals surface area (Å²) in [5, 5.41) is 2.02. The van der Waals surface area contributed by atoms with Gasteiger partial charge in [0.05, 0.1) is 11.6 Å². The molecule has 0 radical (unpaired) electrons. The van der Waals surface area contributed by atoms with Crippen LogP contribution >= 0.6 is 12.2 Å². The van der Waals surface area contributed by atoms with E-state index in [0.29, 0.717) is 0 Å². The van der Waals surface area contributed by atoms with Gasteiger partial charge in [0.25, 0.3) is 0 Å². The third-order valence-corrected chi connectivity index (χ3v) is 1.16. The Bertz CT molecular complexity index is 231. The Labute approximate surface area is 61.9 Å². The highest BCUT2D eigenvalue weighted by atomic mass is 32.1. The van der Waals surface area contributed by atoms with Gasteiger partial charge >= 0.3 is 11.9 Å². The molecular formula is C5H3NO3S.